The third-order valence-electron chi connectivity index (χ3n) is 5.93. The van der Waals surface area contributed by atoms with Crippen molar-refractivity contribution in [2.75, 3.05) is 31.1 Å². The van der Waals surface area contributed by atoms with Gasteiger partial charge in [0.05, 0.1) is 17.8 Å². The van der Waals surface area contributed by atoms with Crippen molar-refractivity contribution in [3.05, 3.63) is 23.9 Å². The normalized spacial score (nSPS) is 26.3. The molecular formula is C21H31N3O2. The summed E-state index contributed by atoms with van der Waals surface area (Å²) in [6.45, 7) is 5.69. The molecule has 1 saturated carbocycles. The molecule has 5 nitrogen and oxygen atoms in total. The zero-order valence-electron chi connectivity index (χ0n) is 15.9. The highest BCUT2D eigenvalue weighted by Crippen LogP contribution is 2.38. The first-order valence-corrected chi connectivity index (χ1v) is 10.4. The Morgan fingerprint density at radius 1 is 1.27 bits per heavy atom. The van der Waals surface area contributed by atoms with Crippen LogP contribution in [0.3, 0.4) is 0 Å². The van der Waals surface area contributed by atoms with E-state index in [2.05, 4.69) is 16.8 Å². The van der Waals surface area contributed by atoms with E-state index in [1.807, 2.05) is 23.2 Å². The molecule has 4 rings (SSSR count). The van der Waals surface area contributed by atoms with E-state index >= 15 is 0 Å². The van der Waals surface area contributed by atoms with E-state index in [0.29, 0.717) is 12.0 Å². The second-order valence-corrected chi connectivity index (χ2v) is 8.06. The topological polar surface area (TPSA) is 45.7 Å². The largest absolute Gasteiger partial charge is 0.371 e. The van der Waals surface area contributed by atoms with Crippen LogP contribution in [0.2, 0.25) is 0 Å². The zero-order chi connectivity index (χ0) is 17.9. The van der Waals surface area contributed by atoms with E-state index < -0.39 is 0 Å². The highest BCUT2D eigenvalue weighted by atomic mass is 16.5. The third-order valence-corrected chi connectivity index (χ3v) is 5.93. The van der Waals surface area contributed by atoms with Crippen molar-refractivity contribution in [3.8, 4) is 0 Å². The maximum Gasteiger partial charge on any atom is 0.257 e. The molecule has 1 aromatic rings. The molecule has 3 fully saturated rings. The van der Waals surface area contributed by atoms with Gasteiger partial charge in [-0.15, -0.1) is 0 Å². The van der Waals surface area contributed by atoms with Gasteiger partial charge in [-0.25, -0.2) is 4.98 Å². The van der Waals surface area contributed by atoms with E-state index in [0.717, 1.165) is 56.8 Å². The number of morpholine rings is 1. The quantitative estimate of drug-likeness (QED) is 0.782. The standard InChI is InChI=1S/C21H31N3O2/c1-2-3-7-17-14-24(15-19(26-17)16-9-10-16)20-18(8-6-11-22-20)21(25)23-12-4-5-13-23/h6,8,11,16-17,19H,2-5,7,9-10,12-15H2,1H3/t17-,19-/m1/s1. The first kappa shape index (κ1) is 17.8. The number of anilines is 1. The molecule has 0 bridgehead atoms. The molecular weight excluding hydrogens is 326 g/mol. The van der Waals surface area contributed by atoms with Gasteiger partial charge >= 0.3 is 0 Å². The SMILES string of the molecule is CCCC[C@@H]1CN(c2ncccc2C(=O)N2CCCC2)C[C@H](C2CC2)O1. The minimum atomic E-state index is 0.144. The van der Waals surface area contributed by atoms with Crippen molar-refractivity contribution in [2.45, 2.75) is 64.1 Å². The fourth-order valence-corrected chi connectivity index (χ4v) is 4.27. The molecule has 0 radical (unpaired) electrons. The molecule has 0 unspecified atom stereocenters. The molecule has 3 heterocycles. The number of pyridine rings is 1. The summed E-state index contributed by atoms with van der Waals surface area (Å²) in [7, 11) is 0. The number of aromatic nitrogens is 1. The molecule has 1 amide bonds. The van der Waals surface area contributed by atoms with Gasteiger partial charge in [0.1, 0.15) is 5.82 Å². The highest BCUT2D eigenvalue weighted by Gasteiger charge is 2.39. The minimum absolute atomic E-state index is 0.144. The molecule has 2 saturated heterocycles. The Morgan fingerprint density at radius 2 is 2.08 bits per heavy atom. The van der Waals surface area contributed by atoms with E-state index in [-0.39, 0.29) is 12.0 Å². The molecule has 5 heteroatoms. The van der Waals surface area contributed by atoms with Gasteiger partial charge in [-0.2, -0.15) is 0 Å². The first-order chi connectivity index (χ1) is 12.8. The Hall–Kier alpha value is -1.62. The van der Waals surface area contributed by atoms with Crippen LogP contribution in [0.15, 0.2) is 18.3 Å². The van der Waals surface area contributed by atoms with Crippen molar-refractivity contribution in [3.63, 3.8) is 0 Å². The average Bonchev–Trinajstić information content (AvgIpc) is 3.40. The minimum Gasteiger partial charge on any atom is -0.371 e. The number of rotatable bonds is 6. The summed E-state index contributed by atoms with van der Waals surface area (Å²) in [6, 6.07) is 3.84. The molecule has 0 spiro atoms. The van der Waals surface area contributed by atoms with Crippen LogP contribution >= 0.6 is 0 Å². The summed E-state index contributed by atoms with van der Waals surface area (Å²) in [5.74, 6) is 1.70. The van der Waals surface area contributed by atoms with E-state index in [9.17, 15) is 4.79 Å². The molecule has 1 aliphatic carbocycles. The molecule has 2 atom stereocenters. The second-order valence-electron chi connectivity index (χ2n) is 8.06. The first-order valence-electron chi connectivity index (χ1n) is 10.4. The van der Waals surface area contributed by atoms with Crippen LogP contribution in [0.1, 0.15) is 62.2 Å². The lowest BCUT2D eigenvalue weighted by molar-refractivity contribution is -0.0412. The maximum atomic E-state index is 13.0. The maximum absolute atomic E-state index is 13.0. The van der Waals surface area contributed by atoms with Crippen LogP contribution < -0.4 is 4.90 Å². The Kier molecular flexibility index (Phi) is 5.44. The number of carbonyl (C=O) groups is 1. The number of unbranched alkanes of at least 4 members (excludes halogenated alkanes) is 1. The lowest BCUT2D eigenvalue weighted by Gasteiger charge is -2.40. The van der Waals surface area contributed by atoms with Crippen molar-refractivity contribution in [2.24, 2.45) is 5.92 Å². The second kappa shape index (κ2) is 7.95. The molecule has 1 aromatic heterocycles. The molecule has 0 aromatic carbocycles. The highest BCUT2D eigenvalue weighted by molar-refractivity contribution is 5.99. The van der Waals surface area contributed by atoms with Gasteiger partial charge in [-0.05, 0) is 50.2 Å². The van der Waals surface area contributed by atoms with E-state index in [1.165, 1.54) is 25.7 Å². The molecule has 3 aliphatic rings. The summed E-state index contributed by atoms with van der Waals surface area (Å²) in [4.78, 5) is 22.0. The van der Waals surface area contributed by atoms with Crippen molar-refractivity contribution in [1.82, 2.24) is 9.88 Å². The predicted molar refractivity (Wildman–Crippen MR) is 102 cm³/mol. The molecule has 26 heavy (non-hydrogen) atoms. The van der Waals surface area contributed by atoms with Crippen LogP contribution in [0, 0.1) is 5.92 Å². The van der Waals surface area contributed by atoms with Crippen LogP contribution in [-0.4, -0.2) is 54.2 Å². The number of likely N-dealkylation sites (tertiary alicyclic amines) is 1. The number of ether oxygens (including phenoxy) is 1. The summed E-state index contributed by atoms with van der Waals surface area (Å²) < 4.78 is 6.40. The summed E-state index contributed by atoms with van der Waals surface area (Å²) >= 11 is 0. The summed E-state index contributed by atoms with van der Waals surface area (Å²) in [5, 5.41) is 0. The van der Waals surface area contributed by atoms with Gasteiger partial charge in [0.25, 0.3) is 5.91 Å². The van der Waals surface area contributed by atoms with Gasteiger partial charge in [-0.3, -0.25) is 4.79 Å². The Bertz CT molecular complexity index is 625. The predicted octanol–water partition coefficient (Wildman–Crippen LogP) is 3.49. The molecule has 0 N–H and O–H groups in total. The van der Waals surface area contributed by atoms with Crippen LogP contribution in [0.5, 0.6) is 0 Å². The van der Waals surface area contributed by atoms with Crippen molar-refractivity contribution < 1.29 is 9.53 Å². The number of carbonyl (C=O) groups excluding carboxylic acids is 1. The monoisotopic (exact) mass is 357 g/mol. The van der Waals surface area contributed by atoms with Gasteiger partial charge in [-0.1, -0.05) is 19.8 Å². The third kappa shape index (κ3) is 3.88. The zero-order valence-corrected chi connectivity index (χ0v) is 15.9. The number of hydrogen-bond acceptors (Lipinski definition) is 4. The van der Waals surface area contributed by atoms with Gasteiger partial charge < -0.3 is 14.5 Å². The van der Waals surface area contributed by atoms with E-state index in [4.69, 9.17) is 4.74 Å². The summed E-state index contributed by atoms with van der Waals surface area (Å²) in [6.07, 6.45) is 10.6. The van der Waals surface area contributed by atoms with Crippen LogP contribution in [0.25, 0.3) is 0 Å². The number of hydrogen-bond donors (Lipinski definition) is 0. The lowest BCUT2D eigenvalue weighted by Crippen LogP contribution is -2.49. The summed E-state index contributed by atoms with van der Waals surface area (Å²) in [5.41, 5.74) is 0.764. The number of amides is 1. The molecule has 2 aliphatic heterocycles. The Balaban J connectivity index is 1.55. The lowest BCUT2D eigenvalue weighted by atomic mass is 10.1. The van der Waals surface area contributed by atoms with Gasteiger partial charge in [0, 0.05) is 32.4 Å². The fourth-order valence-electron chi connectivity index (χ4n) is 4.27. The smallest absolute Gasteiger partial charge is 0.257 e. The fraction of sp³-hybridized carbons (Fsp3) is 0.714. The molecule has 142 valence electrons. The van der Waals surface area contributed by atoms with Crippen LogP contribution in [0.4, 0.5) is 5.82 Å². The van der Waals surface area contributed by atoms with Crippen molar-refractivity contribution >= 4 is 11.7 Å². The van der Waals surface area contributed by atoms with Crippen molar-refractivity contribution in [1.29, 1.82) is 0 Å². The number of nitrogens with zero attached hydrogens (tertiary/aromatic N) is 3. The average molecular weight is 357 g/mol. The Morgan fingerprint density at radius 3 is 2.81 bits per heavy atom. The van der Waals surface area contributed by atoms with Gasteiger partial charge in [0.15, 0.2) is 0 Å². The Labute approximate surface area is 156 Å². The van der Waals surface area contributed by atoms with E-state index in [1.54, 1.807) is 0 Å². The van der Waals surface area contributed by atoms with Gasteiger partial charge in [0.2, 0.25) is 0 Å². The van der Waals surface area contributed by atoms with Crippen LogP contribution in [-0.2, 0) is 4.74 Å².